The summed E-state index contributed by atoms with van der Waals surface area (Å²) in [5.74, 6) is 0. The van der Waals surface area contributed by atoms with Crippen molar-refractivity contribution in [1.82, 2.24) is 4.98 Å². The molecule has 0 amide bonds. The molecule has 0 aliphatic heterocycles. The highest BCUT2D eigenvalue weighted by molar-refractivity contribution is 7.16. The van der Waals surface area contributed by atoms with Crippen molar-refractivity contribution in [1.29, 1.82) is 0 Å². The van der Waals surface area contributed by atoms with Crippen molar-refractivity contribution in [3.63, 3.8) is 0 Å². The quantitative estimate of drug-likeness (QED) is 0.888. The summed E-state index contributed by atoms with van der Waals surface area (Å²) in [6.07, 6.45) is 0. The summed E-state index contributed by atoms with van der Waals surface area (Å²) in [6, 6.07) is 6.06. The third-order valence-electron chi connectivity index (χ3n) is 2.67. The molecule has 1 aromatic heterocycles. The molecule has 0 radical (unpaired) electrons. The maximum atomic E-state index is 9.27. The van der Waals surface area contributed by atoms with Crippen molar-refractivity contribution in [2.75, 3.05) is 0 Å². The highest BCUT2D eigenvalue weighted by Gasteiger charge is 2.13. The van der Waals surface area contributed by atoms with Crippen LogP contribution in [0.3, 0.4) is 0 Å². The number of halogens is 1. The first-order valence-electron chi connectivity index (χ1n) is 4.96. The zero-order chi connectivity index (χ0) is 11.7. The Kier molecular flexibility index (Phi) is 3.28. The van der Waals surface area contributed by atoms with Gasteiger partial charge in [0.15, 0.2) is 4.47 Å². The van der Waals surface area contributed by atoms with E-state index in [-0.39, 0.29) is 6.61 Å². The molecule has 1 heterocycles. The van der Waals surface area contributed by atoms with E-state index in [4.69, 9.17) is 11.6 Å². The number of thiazole rings is 1. The lowest BCUT2D eigenvalue weighted by Crippen LogP contribution is -1.90. The zero-order valence-electron chi connectivity index (χ0n) is 9.12. The smallest absolute Gasteiger partial charge is 0.184 e. The summed E-state index contributed by atoms with van der Waals surface area (Å²) < 4.78 is 0.472. The molecule has 0 unspecified atom stereocenters. The summed E-state index contributed by atoms with van der Waals surface area (Å²) >= 11 is 7.21. The van der Waals surface area contributed by atoms with Gasteiger partial charge in [-0.1, -0.05) is 29.8 Å². The molecular weight excluding hydrogens is 242 g/mol. The standard InChI is InChI=1S/C12H12ClNOS/c1-7-4-3-5-9(8(7)2)11-10(6-15)16-12(13)14-11/h3-5,15H,6H2,1-2H3. The Balaban J connectivity index is 2.62. The van der Waals surface area contributed by atoms with E-state index >= 15 is 0 Å². The first-order chi connectivity index (χ1) is 7.63. The van der Waals surface area contributed by atoms with Crippen LogP contribution < -0.4 is 0 Å². The fourth-order valence-corrected chi connectivity index (χ4v) is 2.67. The van der Waals surface area contributed by atoms with Gasteiger partial charge >= 0.3 is 0 Å². The van der Waals surface area contributed by atoms with Gasteiger partial charge in [0.05, 0.1) is 17.2 Å². The van der Waals surface area contributed by atoms with Crippen molar-refractivity contribution in [2.24, 2.45) is 0 Å². The van der Waals surface area contributed by atoms with Gasteiger partial charge < -0.3 is 5.11 Å². The molecular formula is C12H12ClNOS. The van der Waals surface area contributed by atoms with Crippen LogP contribution in [0.4, 0.5) is 0 Å². The normalized spacial score (nSPS) is 10.8. The van der Waals surface area contributed by atoms with Gasteiger partial charge in [-0.2, -0.15) is 0 Å². The van der Waals surface area contributed by atoms with Crippen LogP contribution in [0.15, 0.2) is 18.2 Å². The molecule has 0 atom stereocenters. The maximum absolute atomic E-state index is 9.27. The van der Waals surface area contributed by atoms with E-state index in [2.05, 4.69) is 24.9 Å². The van der Waals surface area contributed by atoms with Crippen LogP contribution in [0.5, 0.6) is 0 Å². The van der Waals surface area contributed by atoms with Gasteiger partial charge in [0.25, 0.3) is 0 Å². The summed E-state index contributed by atoms with van der Waals surface area (Å²) in [6.45, 7) is 4.09. The lowest BCUT2D eigenvalue weighted by Gasteiger charge is -2.07. The van der Waals surface area contributed by atoms with E-state index in [9.17, 15) is 5.11 Å². The van der Waals surface area contributed by atoms with Gasteiger partial charge in [-0.05, 0) is 25.0 Å². The minimum Gasteiger partial charge on any atom is -0.391 e. The predicted molar refractivity (Wildman–Crippen MR) is 68.0 cm³/mol. The monoisotopic (exact) mass is 253 g/mol. The van der Waals surface area contributed by atoms with Gasteiger partial charge in [0, 0.05) is 5.56 Å². The van der Waals surface area contributed by atoms with E-state index in [1.165, 1.54) is 22.5 Å². The molecule has 0 bridgehead atoms. The summed E-state index contributed by atoms with van der Waals surface area (Å²) in [5, 5.41) is 9.27. The van der Waals surface area contributed by atoms with Gasteiger partial charge in [-0.3, -0.25) is 0 Å². The number of aliphatic hydroxyl groups is 1. The average molecular weight is 254 g/mol. The number of nitrogens with zero attached hydrogens (tertiary/aromatic N) is 1. The largest absolute Gasteiger partial charge is 0.391 e. The fraction of sp³-hybridized carbons (Fsp3) is 0.250. The second-order valence-electron chi connectivity index (χ2n) is 3.64. The molecule has 1 aromatic carbocycles. The first-order valence-corrected chi connectivity index (χ1v) is 6.15. The number of hydrogen-bond acceptors (Lipinski definition) is 3. The molecule has 2 nitrogen and oxygen atoms in total. The van der Waals surface area contributed by atoms with Crippen LogP contribution in [0.1, 0.15) is 16.0 Å². The number of rotatable bonds is 2. The Bertz CT molecular complexity index is 522. The Labute approximate surface area is 104 Å². The molecule has 0 saturated carbocycles. The van der Waals surface area contributed by atoms with Gasteiger partial charge in [-0.25, -0.2) is 4.98 Å². The SMILES string of the molecule is Cc1cccc(-c2nc(Cl)sc2CO)c1C. The third-order valence-corrected chi connectivity index (χ3v) is 3.82. The van der Waals surface area contributed by atoms with Gasteiger partial charge in [-0.15, -0.1) is 11.3 Å². The Morgan fingerprint density at radius 2 is 2.12 bits per heavy atom. The lowest BCUT2D eigenvalue weighted by molar-refractivity contribution is 0.286. The first kappa shape index (κ1) is 11.6. The highest BCUT2D eigenvalue weighted by Crippen LogP contribution is 2.33. The average Bonchev–Trinajstić information content (AvgIpc) is 2.63. The van der Waals surface area contributed by atoms with Crippen LogP contribution in [-0.4, -0.2) is 10.1 Å². The minimum atomic E-state index is -0.0207. The van der Waals surface area contributed by atoms with Gasteiger partial charge in [0.2, 0.25) is 0 Å². The second kappa shape index (κ2) is 4.53. The van der Waals surface area contributed by atoms with Gasteiger partial charge in [0.1, 0.15) is 0 Å². The topological polar surface area (TPSA) is 33.1 Å². The Morgan fingerprint density at radius 1 is 1.38 bits per heavy atom. The van der Waals surface area contributed by atoms with Crippen molar-refractivity contribution in [3.05, 3.63) is 38.7 Å². The maximum Gasteiger partial charge on any atom is 0.184 e. The molecule has 84 valence electrons. The fourth-order valence-electron chi connectivity index (χ4n) is 1.65. The summed E-state index contributed by atoms with van der Waals surface area (Å²) in [4.78, 5) is 5.10. The zero-order valence-corrected chi connectivity index (χ0v) is 10.7. The van der Waals surface area contributed by atoms with E-state index < -0.39 is 0 Å². The van der Waals surface area contributed by atoms with E-state index in [0.29, 0.717) is 4.47 Å². The van der Waals surface area contributed by atoms with Crippen molar-refractivity contribution >= 4 is 22.9 Å². The third kappa shape index (κ3) is 1.98. The van der Waals surface area contributed by atoms with Crippen molar-refractivity contribution in [3.8, 4) is 11.3 Å². The number of aromatic nitrogens is 1. The molecule has 0 aliphatic carbocycles. The number of aliphatic hydroxyl groups excluding tert-OH is 1. The second-order valence-corrected chi connectivity index (χ2v) is 5.31. The number of aryl methyl sites for hydroxylation is 1. The Morgan fingerprint density at radius 3 is 2.81 bits per heavy atom. The summed E-state index contributed by atoms with van der Waals surface area (Å²) in [7, 11) is 0. The predicted octanol–water partition coefficient (Wildman–Crippen LogP) is 3.57. The van der Waals surface area contributed by atoms with Crippen molar-refractivity contribution < 1.29 is 5.11 Å². The molecule has 2 aromatic rings. The molecule has 16 heavy (non-hydrogen) atoms. The van der Waals surface area contributed by atoms with Crippen LogP contribution in [0.25, 0.3) is 11.3 Å². The van der Waals surface area contributed by atoms with Crippen LogP contribution in [0.2, 0.25) is 4.47 Å². The van der Waals surface area contributed by atoms with Crippen LogP contribution in [-0.2, 0) is 6.61 Å². The number of benzene rings is 1. The lowest BCUT2D eigenvalue weighted by atomic mass is 10.0. The van der Waals surface area contributed by atoms with Crippen LogP contribution >= 0.6 is 22.9 Å². The summed E-state index contributed by atoms with van der Waals surface area (Å²) in [5.41, 5.74) is 4.25. The Hall–Kier alpha value is -0.900. The molecule has 0 saturated heterocycles. The minimum absolute atomic E-state index is 0.0207. The molecule has 1 N–H and O–H groups in total. The highest BCUT2D eigenvalue weighted by atomic mass is 35.5. The van der Waals surface area contributed by atoms with E-state index in [1.807, 2.05) is 12.1 Å². The molecule has 0 fully saturated rings. The molecule has 4 heteroatoms. The van der Waals surface area contributed by atoms with E-state index in [0.717, 1.165) is 16.1 Å². The van der Waals surface area contributed by atoms with E-state index in [1.54, 1.807) is 0 Å². The molecule has 0 spiro atoms. The molecule has 0 aliphatic rings. The number of hydrogen-bond donors (Lipinski definition) is 1. The molecule has 2 rings (SSSR count). The van der Waals surface area contributed by atoms with Crippen LogP contribution in [0, 0.1) is 13.8 Å². The van der Waals surface area contributed by atoms with Crippen molar-refractivity contribution in [2.45, 2.75) is 20.5 Å².